The van der Waals surface area contributed by atoms with Gasteiger partial charge in [-0.1, -0.05) is 6.92 Å². The Morgan fingerprint density at radius 1 is 0.925 bits per heavy atom. The zero-order chi connectivity index (χ0) is 30.1. The highest BCUT2D eigenvalue weighted by Gasteiger charge is 2.56. The molecular formula is C22H38O18. The number of carbonyl (C=O) groups is 1. The molecule has 3 rings (SSSR count). The molecule has 0 aromatic rings. The molecule has 0 bridgehead atoms. The number of aliphatic hydroxyl groups excluding tert-OH is 11. The number of hydrogen-bond donors (Lipinski definition) is 12. The number of aliphatic carboxylic acids is 1. The van der Waals surface area contributed by atoms with E-state index in [4.69, 9.17) is 28.8 Å². The zero-order valence-corrected chi connectivity index (χ0v) is 21.3. The van der Waals surface area contributed by atoms with Crippen molar-refractivity contribution in [1.29, 1.82) is 0 Å². The summed E-state index contributed by atoms with van der Waals surface area (Å²) in [5.41, 5.74) is 0. The van der Waals surface area contributed by atoms with Crippen LogP contribution in [0.4, 0.5) is 0 Å². The third-order valence-corrected chi connectivity index (χ3v) is 7.45. The summed E-state index contributed by atoms with van der Waals surface area (Å²) < 4.78 is 26.7. The maximum absolute atomic E-state index is 12.2. The van der Waals surface area contributed by atoms with E-state index in [1.165, 1.54) is 6.92 Å². The molecule has 0 aromatic heterocycles. The molecule has 16 atom stereocenters. The lowest BCUT2D eigenvalue weighted by Crippen LogP contribution is -2.65. The largest absolute Gasteiger partial charge is 0.477 e. The fourth-order valence-electron chi connectivity index (χ4n) is 4.83. The molecule has 0 aliphatic carbocycles. The number of carboxylic acids is 1. The van der Waals surface area contributed by atoms with Crippen molar-refractivity contribution in [2.45, 2.75) is 105 Å². The van der Waals surface area contributed by atoms with Crippen LogP contribution in [-0.4, -0.2) is 179 Å². The summed E-state index contributed by atoms with van der Waals surface area (Å²) in [6, 6.07) is 0. The lowest BCUT2D eigenvalue weighted by Gasteiger charge is -2.47. The molecule has 0 spiro atoms. The number of hydrogen-bond acceptors (Lipinski definition) is 17. The van der Waals surface area contributed by atoms with Gasteiger partial charge in [0.05, 0.1) is 32.0 Å². The fourth-order valence-corrected chi connectivity index (χ4v) is 4.83. The Hall–Kier alpha value is -1.17. The highest BCUT2D eigenvalue weighted by Crippen LogP contribution is 2.37. The van der Waals surface area contributed by atoms with Gasteiger partial charge in [-0.25, -0.2) is 4.79 Å². The van der Waals surface area contributed by atoms with Gasteiger partial charge in [-0.05, 0) is 0 Å². The Kier molecular flexibility index (Phi) is 11.2. The Morgan fingerprint density at radius 2 is 1.57 bits per heavy atom. The molecule has 5 unspecified atom stereocenters. The molecule has 0 amide bonds. The smallest absolute Gasteiger partial charge is 0.364 e. The molecule has 0 radical (unpaired) electrons. The first-order valence-electron chi connectivity index (χ1n) is 12.5. The second-order valence-electron chi connectivity index (χ2n) is 10.2. The lowest BCUT2D eigenvalue weighted by molar-refractivity contribution is -0.365. The van der Waals surface area contributed by atoms with Crippen molar-refractivity contribution in [3.05, 3.63) is 0 Å². The van der Waals surface area contributed by atoms with E-state index in [1.807, 2.05) is 0 Å². The maximum atomic E-state index is 12.2. The van der Waals surface area contributed by atoms with E-state index >= 15 is 0 Å². The molecule has 40 heavy (non-hydrogen) atoms. The monoisotopic (exact) mass is 590 g/mol. The maximum Gasteiger partial charge on any atom is 0.364 e. The molecule has 3 heterocycles. The molecule has 234 valence electrons. The standard InChI is InChI=1S/C22H38O18/c1-6-7(25)2-22(21(34)35,40-17(6)11(27)8(26)3-23)36-5-10-12(28)13(29)16(32)20(38-10)39-18-9(4-24)37-19(33)15(31)14(18)30/h6-20,23-33H,2-5H2,1H3,(H,34,35)/t6-,7-,8-,9?,10?,11-,12+,13+,14-,15?,16+,17?,18-,19?,20+,22-/m1/s1. The molecule has 3 aliphatic rings. The van der Waals surface area contributed by atoms with Crippen LogP contribution in [0.2, 0.25) is 0 Å². The van der Waals surface area contributed by atoms with Crippen LogP contribution < -0.4 is 0 Å². The van der Waals surface area contributed by atoms with Crippen LogP contribution in [0, 0.1) is 5.92 Å². The molecule has 18 heteroatoms. The van der Waals surface area contributed by atoms with E-state index in [0.29, 0.717) is 0 Å². The SMILES string of the molecule is C[C@H]1C([C@H](O)[C@H](O)CO)O[C@@](OCC2O[C@@H](O[C@@H]3C(CO)OC(O)C(O)[C@H]3O)[C@@H](O)[C@@H](O)[C@H]2O)(C(=O)O)C[C@H]1O. The topological polar surface area (TPSA) is 306 Å². The summed E-state index contributed by atoms with van der Waals surface area (Å²) in [6.45, 7) is -1.19. The second-order valence-corrected chi connectivity index (χ2v) is 10.2. The van der Waals surface area contributed by atoms with Gasteiger partial charge in [0, 0.05) is 12.3 Å². The van der Waals surface area contributed by atoms with Gasteiger partial charge < -0.3 is 85.0 Å². The summed E-state index contributed by atoms with van der Waals surface area (Å²) >= 11 is 0. The Balaban J connectivity index is 1.77. The Labute approximate surface area is 227 Å². The normalized spacial score (nSPS) is 48.0. The molecule has 12 N–H and O–H groups in total. The minimum atomic E-state index is -2.66. The van der Waals surface area contributed by atoms with Crippen LogP contribution in [0.3, 0.4) is 0 Å². The molecule has 0 aromatic carbocycles. The second kappa shape index (κ2) is 13.4. The average Bonchev–Trinajstić information content (AvgIpc) is 2.93. The Bertz CT molecular complexity index is 832. The highest BCUT2D eigenvalue weighted by molar-refractivity contribution is 5.76. The summed E-state index contributed by atoms with van der Waals surface area (Å²) in [5, 5.41) is 120. The molecule has 18 nitrogen and oxygen atoms in total. The van der Waals surface area contributed by atoms with Crippen molar-refractivity contribution < 1.29 is 89.8 Å². The van der Waals surface area contributed by atoms with Crippen molar-refractivity contribution in [1.82, 2.24) is 0 Å². The minimum absolute atomic E-state index is 0.681. The van der Waals surface area contributed by atoms with E-state index in [1.54, 1.807) is 0 Å². The molecule has 3 fully saturated rings. The van der Waals surface area contributed by atoms with E-state index in [9.17, 15) is 61.0 Å². The van der Waals surface area contributed by atoms with Crippen molar-refractivity contribution >= 4 is 5.97 Å². The van der Waals surface area contributed by atoms with Crippen LogP contribution in [0.15, 0.2) is 0 Å². The van der Waals surface area contributed by atoms with E-state index in [2.05, 4.69) is 0 Å². The predicted octanol–water partition coefficient (Wildman–Crippen LogP) is -7.09. The first-order chi connectivity index (χ1) is 18.7. The Morgan fingerprint density at radius 3 is 2.15 bits per heavy atom. The van der Waals surface area contributed by atoms with Crippen LogP contribution >= 0.6 is 0 Å². The first kappa shape index (κ1) is 33.3. The van der Waals surface area contributed by atoms with Crippen molar-refractivity contribution in [3.63, 3.8) is 0 Å². The lowest BCUT2D eigenvalue weighted by atomic mass is 9.84. The van der Waals surface area contributed by atoms with Gasteiger partial charge in [-0.15, -0.1) is 0 Å². The zero-order valence-electron chi connectivity index (χ0n) is 21.3. The molecule has 3 saturated heterocycles. The number of rotatable bonds is 10. The third kappa shape index (κ3) is 6.57. The van der Waals surface area contributed by atoms with E-state index < -0.39 is 130 Å². The summed E-state index contributed by atoms with van der Waals surface area (Å²) in [5.74, 6) is -5.35. The predicted molar refractivity (Wildman–Crippen MR) is 122 cm³/mol. The van der Waals surface area contributed by atoms with Gasteiger partial charge in [0.15, 0.2) is 12.6 Å². The van der Waals surface area contributed by atoms with Crippen LogP contribution in [-0.2, 0) is 28.5 Å². The number of ether oxygens (including phenoxy) is 5. The quantitative estimate of drug-likeness (QED) is 0.112. The van der Waals surface area contributed by atoms with Crippen molar-refractivity contribution in [2.75, 3.05) is 19.8 Å². The van der Waals surface area contributed by atoms with Gasteiger partial charge in [0.1, 0.15) is 61.0 Å². The third-order valence-electron chi connectivity index (χ3n) is 7.45. The highest BCUT2D eigenvalue weighted by atomic mass is 16.8. The molecule has 3 aliphatic heterocycles. The van der Waals surface area contributed by atoms with Gasteiger partial charge >= 0.3 is 5.97 Å². The minimum Gasteiger partial charge on any atom is -0.477 e. The molecular weight excluding hydrogens is 552 g/mol. The molecule has 0 saturated carbocycles. The van der Waals surface area contributed by atoms with Crippen LogP contribution in [0.25, 0.3) is 0 Å². The number of carboxylic acid groups (broad SMARTS) is 1. The van der Waals surface area contributed by atoms with Crippen LogP contribution in [0.5, 0.6) is 0 Å². The fraction of sp³-hybridized carbons (Fsp3) is 0.955. The van der Waals surface area contributed by atoms with Gasteiger partial charge in [0.25, 0.3) is 5.79 Å². The van der Waals surface area contributed by atoms with Gasteiger partial charge in [-0.3, -0.25) is 0 Å². The van der Waals surface area contributed by atoms with Gasteiger partial charge in [-0.2, -0.15) is 0 Å². The van der Waals surface area contributed by atoms with Crippen molar-refractivity contribution in [2.24, 2.45) is 5.92 Å². The van der Waals surface area contributed by atoms with E-state index in [-0.39, 0.29) is 0 Å². The number of aliphatic hydroxyl groups is 11. The van der Waals surface area contributed by atoms with Crippen LogP contribution in [0.1, 0.15) is 13.3 Å². The van der Waals surface area contributed by atoms with Gasteiger partial charge in [0.2, 0.25) is 0 Å². The summed E-state index contributed by atoms with van der Waals surface area (Å²) in [7, 11) is 0. The van der Waals surface area contributed by atoms with E-state index in [0.717, 1.165) is 0 Å². The van der Waals surface area contributed by atoms with Crippen molar-refractivity contribution in [3.8, 4) is 0 Å². The first-order valence-corrected chi connectivity index (χ1v) is 12.5. The summed E-state index contributed by atoms with van der Waals surface area (Å²) in [6.07, 6.45) is -25.3. The average molecular weight is 591 g/mol. The summed E-state index contributed by atoms with van der Waals surface area (Å²) in [4.78, 5) is 12.2.